The van der Waals surface area contributed by atoms with Gasteiger partial charge in [-0.2, -0.15) is 5.10 Å². The number of aromatic nitrogens is 1. The van der Waals surface area contributed by atoms with E-state index in [4.69, 9.17) is 14.8 Å². The summed E-state index contributed by atoms with van der Waals surface area (Å²) in [6.07, 6.45) is 0.583. The van der Waals surface area contributed by atoms with E-state index < -0.39 is 0 Å². The van der Waals surface area contributed by atoms with Gasteiger partial charge in [-0.25, -0.2) is 5.01 Å². The molecule has 1 amide bonds. The molecule has 1 aromatic heterocycles. The van der Waals surface area contributed by atoms with Crippen molar-refractivity contribution < 1.29 is 9.53 Å². The van der Waals surface area contributed by atoms with Crippen molar-refractivity contribution >= 4 is 22.5 Å². The zero-order chi connectivity index (χ0) is 23.8. The van der Waals surface area contributed by atoms with E-state index in [9.17, 15) is 4.79 Å². The maximum atomic E-state index is 12.7. The molecule has 0 bridgehead atoms. The third kappa shape index (κ3) is 3.73. The third-order valence-electron chi connectivity index (χ3n) is 6.40. The summed E-state index contributed by atoms with van der Waals surface area (Å²) in [6.45, 7) is 5.68. The summed E-state index contributed by atoms with van der Waals surface area (Å²) in [4.78, 5) is 17.6. The minimum Gasteiger partial charge on any atom is -0.496 e. The van der Waals surface area contributed by atoms with E-state index in [1.807, 2.05) is 49.4 Å². The molecule has 0 aliphatic carbocycles. The Morgan fingerprint density at radius 2 is 1.71 bits per heavy atom. The second-order valence-corrected chi connectivity index (χ2v) is 8.71. The molecule has 1 aliphatic rings. The van der Waals surface area contributed by atoms with E-state index in [-0.39, 0.29) is 11.9 Å². The maximum Gasteiger partial charge on any atom is 0.240 e. The molecule has 0 fully saturated rings. The van der Waals surface area contributed by atoms with E-state index in [1.165, 1.54) is 5.56 Å². The number of aryl methyl sites for hydroxylation is 2. The first kappa shape index (κ1) is 21.8. The molecule has 4 aromatic rings. The Bertz CT molecular complexity index is 1430. The lowest BCUT2D eigenvalue weighted by atomic mass is 9.88. The molecule has 2 heterocycles. The van der Waals surface area contributed by atoms with Crippen LogP contribution < -0.4 is 4.74 Å². The molecule has 5 rings (SSSR count). The van der Waals surface area contributed by atoms with Gasteiger partial charge in [0.05, 0.1) is 24.4 Å². The van der Waals surface area contributed by atoms with Crippen LogP contribution in [-0.2, 0) is 4.79 Å². The molecule has 0 spiro atoms. The van der Waals surface area contributed by atoms with Crippen molar-refractivity contribution in [3.05, 3.63) is 95.2 Å². The maximum absolute atomic E-state index is 12.7. The lowest BCUT2D eigenvalue weighted by Gasteiger charge is -2.22. The molecule has 1 atom stereocenters. The fraction of sp³-hybridized carbons (Fsp3) is 0.207. The predicted molar refractivity (Wildman–Crippen MR) is 136 cm³/mol. The van der Waals surface area contributed by atoms with Gasteiger partial charge >= 0.3 is 0 Å². The van der Waals surface area contributed by atoms with Crippen LogP contribution >= 0.6 is 0 Å². The van der Waals surface area contributed by atoms with Crippen molar-refractivity contribution in [1.82, 2.24) is 9.99 Å². The number of fused-ring (bicyclic) bond motifs is 1. The SMILES string of the molecule is COc1ccccc1[C@@H]1CC(c2c(C)nc3ccc(C)cc3c2-c2ccccc2)=NN1C(C)=O. The van der Waals surface area contributed by atoms with Crippen LogP contribution in [0.4, 0.5) is 0 Å². The Kier molecular flexibility index (Phi) is 5.62. The smallest absolute Gasteiger partial charge is 0.240 e. The average molecular weight is 450 g/mol. The Labute approximate surface area is 199 Å². The largest absolute Gasteiger partial charge is 0.496 e. The highest BCUT2D eigenvalue weighted by Crippen LogP contribution is 2.41. The van der Waals surface area contributed by atoms with Crippen molar-refractivity contribution in [2.45, 2.75) is 33.2 Å². The fourth-order valence-electron chi connectivity index (χ4n) is 4.89. The van der Waals surface area contributed by atoms with Crippen LogP contribution in [0.3, 0.4) is 0 Å². The number of amides is 1. The van der Waals surface area contributed by atoms with Crippen LogP contribution in [0.2, 0.25) is 0 Å². The van der Waals surface area contributed by atoms with Gasteiger partial charge in [-0.15, -0.1) is 0 Å². The molecule has 5 heteroatoms. The number of hydrazone groups is 1. The first-order valence-electron chi connectivity index (χ1n) is 11.4. The van der Waals surface area contributed by atoms with E-state index >= 15 is 0 Å². The van der Waals surface area contributed by atoms with Crippen LogP contribution in [0.15, 0.2) is 77.9 Å². The summed E-state index contributed by atoms with van der Waals surface area (Å²) in [6, 6.07) is 24.3. The number of pyridine rings is 1. The first-order chi connectivity index (χ1) is 16.5. The Morgan fingerprint density at radius 1 is 0.971 bits per heavy atom. The minimum atomic E-state index is -0.236. The van der Waals surface area contributed by atoms with E-state index in [2.05, 4.69) is 37.3 Å². The molecule has 3 aromatic carbocycles. The van der Waals surface area contributed by atoms with Gasteiger partial charge in [-0.05, 0) is 37.6 Å². The minimum absolute atomic E-state index is 0.102. The standard InChI is InChI=1S/C29H27N3O2/c1-18-14-15-24-23(16-18)29(21-10-6-5-7-11-21)28(19(2)30-24)25-17-26(32(31-25)20(3)33)22-12-8-9-13-27(22)34-4/h5-16,26H,17H2,1-4H3/t26-/m0/s1. The molecule has 0 unspecified atom stereocenters. The normalized spacial score (nSPS) is 15.5. The zero-order valence-electron chi connectivity index (χ0n) is 19.9. The van der Waals surface area contributed by atoms with Crippen molar-refractivity contribution in [1.29, 1.82) is 0 Å². The number of ether oxygens (including phenoxy) is 1. The number of benzene rings is 3. The molecule has 0 saturated heterocycles. The first-order valence-corrected chi connectivity index (χ1v) is 11.4. The second-order valence-electron chi connectivity index (χ2n) is 8.71. The van der Waals surface area contributed by atoms with Crippen LogP contribution in [0.25, 0.3) is 22.0 Å². The number of carbonyl (C=O) groups excluding carboxylic acids is 1. The van der Waals surface area contributed by atoms with Gasteiger partial charge in [0.1, 0.15) is 5.75 Å². The van der Waals surface area contributed by atoms with Gasteiger partial charge in [0.15, 0.2) is 0 Å². The van der Waals surface area contributed by atoms with Crippen LogP contribution in [-0.4, -0.2) is 28.7 Å². The van der Waals surface area contributed by atoms with Crippen molar-refractivity contribution in [2.75, 3.05) is 7.11 Å². The third-order valence-corrected chi connectivity index (χ3v) is 6.40. The van der Waals surface area contributed by atoms with Crippen molar-refractivity contribution in [2.24, 2.45) is 5.10 Å². The lowest BCUT2D eigenvalue weighted by Crippen LogP contribution is -2.24. The topological polar surface area (TPSA) is 54.8 Å². The Morgan fingerprint density at radius 3 is 2.44 bits per heavy atom. The number of para-hydroxylation sites is 1. The molecule has 34 heavy (non-hydrogen) atoms. The van der Waals surface area contributed by atoms with Gasteiger partial charge in [-0.1, -0.05) is 60.2 Å². The number of nitrogens with zero attached hydrogens (tertiary/aromatic N) is 3. The van der Waals surface area contributed by atoms with Gasteiger partial charge in [0, 0.05) is 41.1 Å². The van der Waals surface area contributed by atoms with Crippen LogP contribution in [0.5, 0.6) is 5.75 Å². The van der Waals surface area contributed by atoms with E-state index in [0.29, 0.717) is 6.42 Å². The quantitative estimate of drug-likeness (QED) is 0.371. The highest BCUT2D eigenvalue weighted by atomic mass is 16.5. The van der Waals surface area contributed by atoms with Gasteiger partial charge in [-0.3, -0.25) is 9.78 Å². The summed E-state index contributed by atoms with van der Waals surface area (Å²) < 4.78 is 5.61. The van der Waals surface area contributed by atoms with Crippen LogP contribution in [0, 0.1) is 13.8 Å². The van der Waals surface area contributed by atoms with E-state index in [1.54, 1.807) is 19.0 Å². The second kappa shape index (κ2) is 8.75. The highest BCUT2D eigenvalue weighted by molar-refractivity contribution is 6.14. The number of hydrogen-bond donors (Lipinski definition) is 0. The average Bonchev–Trinajstić information content (AvgIpc) is 3.29. The molecule has 0 saturated carbocycles. The Hall–Kier alpha value is -3.99. The highest BCUT2D eigenvalue weighted by Gasteiger charge is 2.35. The lowest BCUT2D eigenvalue weighted by molar-refractivity contribution is -0.130. The molecule has 0 N–H and O–H groups in total. The Balaban J connectivity index is 1.74. The van der Waals surface area contributed by atoms with Crippen molar-refractivity contribution in [3.8, 4) is 16.9 Å². The summed E-state index contributed by atoms with van der Waals surface area (Å²) in [7, 11) is 1.65. The summed E-state index contributed by atoms with van der Waals surface area (Å²) >= 11 is 0. The van der Waals surface area contributed by atoms with Gasteiger partial charge in [0.25, 0.3) is 0 Å². The predicted octanol–water partition coefficient (Wildman–Crippen LogP) is 6.22. The molecule has 0 radical (unpaired) electrons. The molecule has 1 aliphatic heterocycles. The van der Waals surface area contributed by atoms with Crippen LogP contribution in [0.1, 0.15) is 41.8 Å². The van der Waals surface area contributed by atoms with Crippen molar-refractivity contribution in [3.63, 3.8) is 0 Å². The summed E-state index contributed by atoms with van der Waals surface area (Å²) in [5.74, 6) is 0.650. The van der Waals surface area contributed by atoms with Gasteiger partial charge < -0.3 is 4.74 Å². The molecular formula is C29H27N3O2. The number of rotatable bonds is 4. The number of carbonyl (C=O) groups is 1. The molecule has 170 valence electrons. The molecular weight excluding hydrogens is 422 g/mol. The fourth-order valence-corrected chi connectivity index (χ4v) is 4.89. The summed E-state index contributed by atoms with van der Waals surface area (Å²) in [5.41, 5.74) is 8.04. The summed E-state index contributed by atoms with van der Waals surface area (Å²) in [5, 5.41) is 7.54. The molecule has 5 nitrogen and oxygen atoms in total. The van der Waals surface area contributed by atoms with Gasteiger partial charge in [0.2, 0.25) is 5.91 Å². The number of methoxy groups -OCH3 is 1. The van der Waals surface area contributed by atoms with E-state index in [0.717, 1.165) is 50.3 Å². The zero-order valence-corrected chi connectivity index (χ0v) is 19.9. The monoisotopic (exact) mass is 449 g/mol. The number of hydrogen-bond acceptors (Lipinski definition) is 4.